The maximum Gasteiger partial charge on any atom is 0.258 e. The van der Waals surface area contributed by atoms with Crippen molar-refractivity contribution in [2.24, 2.45) is 11.3 Å². The van der Waals surface area contributed by atoms with Crippen LogP contribution in [0.15, 0.2) is 23.0 Å². The van der Waals surface area contributed by atoms with Crippen LogP contribution in [0, 0.1) is 11.3 Å². The van der Waals surface area contributed by atoms with Gasteiger partial charge in [0.1, 0.15) is 5.82 Å². The third-order valence-electron chi connectivity index (χ3n) is 4.15. The van der Waals surface area contributed by atoms with E-state index < -0.39 is 0 Å². The van der Waals surface area contributed by atoms with Gasteiger partial charge >= 0.3 is 0 Å². The zero-order chi connectivity index (χ0) is 15.6. The van der Waals surface area contributed by atoms with Crippen LogP contribution in [0.5, 0.6) is 0 Å². The summed E-state index contributed by atoms with van der Waals surface area (Å²) in [6.07, 6.45) is 0. The molecule has 0 spiro atoms. The second-order valence-electron chi connectivity index (χ2n) is 6.42. The minimum atomic E-state index is -0.128. The van der Waals surface area contributed by atoms with E-state index in [2.05, 4.69) is 43.0 Å². The summed E-state index contributed by atoms with van der Waals surface area (Å²) in [5.74, 6) is 1.21. The highest BCUT2D eigenvalue weighted by atomic mass is 35.5. The molecule has 0 fully saturated rings. The zero-order valence-corrected chi connectivity index (χ0v) is 13.7. The number of halogens is 1. The molecule has 114 valence electrons. The van der Waals surface area contributed by atoms with E-state index in [1.54, 1.807) is 18.2 Å². The smallest absolute Gasteiger partial charge is 0.258 e. The number of nitrogens with one attached hydrogen (secondary N) is 2. The number of aromatic amines is 1. The van der Waals surface area contributed by atoms with E-state index >= 15 is 0 Å². The first kappa shape index (κ1) is 16.0. The second-order valence-corrected chi connectivity index (χ2v) is 6.86. The van der Waals surface area contributed by atoms with Gasteiger partial charge in [-0.25, -0.2) is 4.98 Å². The molecule has 0 saturated heterocycles. The Morgan fingerprint density at radius 2 is 2.10 bits per heavy atom. The molecule has 0 bridgehead atoms. The van der Waals surface area contributed by atoms with Crippen molar-refractivity contribution >= 4 is 22.5 Å². The van der Waals surface area contributed by atoms with Crippen LogP contribution in [0.3, 0.4) is 0 Å². The highest BCUT2D eigenvalue weighted by molar-refractivity contribution is 6.31. The van der Waals surface area contributed by atoms with Crippen molar-refractivity contribution in [2.75, 3.05) is 6.54 Å². The predicted octanol–water partition coefficient (Wildman–Crippen LogP) is 3.35. The molecule has 0 aliphatic heterocycles. The van der Waals surface area contributed by atoms with Crippen LogP contribution < -0.4 is 10.9 Å². The minimum Gasteiger partial charge on any atom is -0.309 e. The van der Waals surface area contributed by atoms with Crippen molar-refractivity contribution < 1.29 is 0 Å². The molecule has 0 amide bonds. The van der Waals surface area contributed by atoms with E-state index in [0.29, 0.717) is 34.2 Å². The van der Waals surface area contributed by atoms with Crippen LogP contribution in [0.25, 0.3) is 10.9 Å². The molecule has 0 atom stereocenters. The Bertz CT molecular complexity index is 691. The van der Waals surface area contributed by atoms with Crippen molar-refractivity contribution in [3.05, 3.63) is 39.4 Å². The Balaban J connectivity index is 2.15. The normalized spacial score (nSPS) is 12.3. The van der Waals surface area contributed by atoms with E-state index in [4.69, 9.17) is 11.6 Å². The van der Waals surface area contributed by atoms with Gasteiger partial charge in [0.25, 0.3) is 5.56 Å². The lowest BCUT2D eigenvalue weighted by molar-refractivity contribution is 0.237. The maximum atomic E-state index is 12.0. The predicted molar refractivity (Wildman–Crippen MR) is 87.7 cm³/mol. The van der Waals surface area contributed by atoms with Crippen molar-refractivity contribution in [3.8, 4) is 0 Å². The number of nitrogens with zero attached hydrogens (tertiary/aromatic N) is 1. The van der Waals surface area contributed by atoms with Crippen molar-refractivity contribution in [2.45, 2.75) is 34.2 Å². The molecule has 2 N–H and O–H groups in total. The van der Waals surface area contributed by atoms with Crippen LogP contribution >= 0.6 is 11.6 Å². The van der Waals surface area contributed by atoms with Gasteiger partial charge in [0.05, 0.1) is 17.4 Å². The molecule has 0 saturated carbocycles. The van der Waals surface area contributed by atoms with Gasteiger partial charge in [-0.15, -0.1) is 0 Å². The molecule has 2 rings (SSSR count). The molecule has 1 heterocycles. The summed E-state index contributed by atoms with van der Waals surface area (Å²) in [5, 5.41) is 4.51. The molecule has 4 nitrogen and oxygen atoms in total. The number of aromatic nitrogens is 2. The van der Waals surface area contributed by atoms with Gasteiger partial charge in [-0.05, 0) is 29.5 Å². The molecule has 1 aromatic heterocycles. The highest BCUT2D eigenvalue weighted by Gasteiger charge is 2.21. The Kier molecular flexibility index (Phi) is 4.69. The Morgan fingerprint density at radius 3 is 2.76 bits per heavy atom. The number of benzene rings is 1. The monoisotopic (exact) mass is 307 g/mol. The minimum absolute atomic E-state index is 0.128. The Morgan fingerprint density at radius 1 is 1.38 bits per heavy atom. The number of hydrogen-bond acceptors (Lipinski definition) is 3. The molecule has 1 aromatic carbocycles. The summed E-state index contributed by atoms with van der Waals surface area (Å²) >= 11 is 5.95. The molecule has 0 aliphatic rings. The lowest BCUT2D eigenvalue weighted by atomic mass is 9.81. The summed E-state index contributed by atoms with van der Waals surface area (Å²) in [6.45, 7) is 10.3. The van der Waals surface area contributed by atoms with Crippen molar-refractivity contribution in [1.82, 2.24) is 15.3 Å². The fourth-order valence-electron chi connectivity index (χ4n) is 1.95. The summed E-state index contributed by atoms with van der Waals surface area (Å²) in [7, 11) is 0. The van der Waals surface area contributed by atoms with E-state index in [9.17, 15) is 4.79 Å². The Hall–Kier alpha value is -1.39. The molecule has 0 radical (unpaired) electrons. The van der Waals surface area contributed by atoms with Gasteiger partial charge in [-0.1, -0.05) is 39.3 Å². The van der Waals surface area contributed by atoms with Crippen molar-refractivity contribution in [3.63, 3.8) is 0 Å². The summed E-state index contributed by atoms with van der Waals surface area (Å²) in [6, 6.07) is 5.11. The largest absolute Gasteiger partial charge is 0.309 e. The molecule has 5 heteroatoms. The lowest BCUT2D eigenvalue weighted by Crippen LogP contribution is -2.33. The van der Waals surface area contributed by atoms with Gasteiger partial charge < -0.3 is 10.3 Å². The third-order valence-corrected chi connectivity index (χ3v) is 4.39. The molecular formula is C16H22ClN3O. The molecule has 0 aliphatic carbocycles. The average molecular weight is 308 g/mol. The first-order chi connectivity index (χ1) is 9.79. The fraction of sp³-hybridized carbons (Fsp3) is 0.500. The molecule has 21 heavy (non-hydrogen) atoms. The summed E-state index contributed by atoms with van der Waals surface area (Å²) in [5.41, 5.74) is 0.697. The highest BCUT2D eigenvalue weighted by Crippen LogP contribution is 2.24. The SMILES string of the molecule is CC(C)C(C)(C)CNCc1nc2cc(Cl)ccc2c(=O)[nH]1. The van der Waals surface area contributed by atoms with Gasteiger partial charge in [-0.2, -0.15) is 0 Å². The van der Waals surface area contributed by atoms with Crippen LogP contribution in [0.2, 0.25) is 5.02 Å². The topological polar surface area (TPSA) is 57.8 Å². The summed E-state index contributed by atoms with van der Waals surface area (Å²) < 4.78 is 0. The second kappa shape index (κ2) is 6.16. The van der Waals surface area contributed by atoms with E-state index in [-0.39, 0.29) is 11.0 Å². The van der Waals surface area contributed by atoms with Gasteiger partial charge in [0, 0.05) is 11.6 Å². The summed E-state index contributed by atoms with van der Waals surface area (Å²) in [4.78, 5) is 19.3. The first-order valence-electron chi connectivity index (χ1n) is 7.19. The molecule has 2 aromatic rings. The van der Waals surface area contributed by atoms with Gasteiger partial charge in [0.15, 0.2) is 0 Å². The van der Waals surface area contributed by atoms with E-state index in [0.717, 1.165) is 6.54 Å². The number of H-pyrrole nitrogens is 1. The fourth-order valence-corrected chi connectivity index (χ4v) is 2.12. The quantitative estimate of drug-likeness (QED) is 0.890. The molecular weight excluding hydrogens is 286 g/mol. The number of hydrogen-bond donors (Lipinski definition) is 2. The zero-order valence-electron chi connectivity index (χ0n) is 13.0. The van der Waals surface area contributed by atoms with Gasteiger partial charge in [0.2, 0.25) is 0 Å². The average Bonchev–Trinajstić information content (AvgIpc) is 2.37. The number of fused-ring (bicyclic) bond motifs is 1. The van der Waals surface area contributed by atoms with Crippen molar-refractivity contribution in [1.29, 1.82) is 0 Å². The van der Waals surface area contributed by atoms with Crippen LogP contribution in [-0.4, -0.2) is 16.5 Å². The standard InChI is InChI=1S/C16H22ClN3O/c1-10(2)16(3,4)9-18-8-14-19-13-7-11(17)5-6-12(13)15(21)20-14/h5-7,10,18H,8-9H2,1-4H3,(H,19,20,21). The molecule has 0 unspecified atom stereocenters. The third kappa shape index (κ3) is 3.83. The first-order valence-corrected chi connectivity index (χ1v) is 7.56. The van der Waals surface area contributed by atoms with E-state index in [1.165, 1.54) is 0 Å². The van der Waals surface area contributed by atoms with Crippen LogP contribution in [-0.2, 0) is 6.54 Å². The lowest BCUT2D eigenvalue weighted by Gasteiger charge is -2.29. The Labute approximate surface area is 129 Å². The van der Waals surface area contributed by atoms with Crippen LogP contribution in [0.4, 0.5) is 0 Å². The van der Waals surface area contributed by atoms with E-state index in [1.807, 2.05) is 0 Å². The maximum absolute atomic E-state index is 12.0. The number of rotatable bonds is 5. The van der Waals surface area contributed by atoms with Gasteiger partial charge in [-0.3, -0.25) is 4.79 Å². The van der Waals surface area contributed by atoms with Crippen LogP contribution in [0.1, 0.15) is 33.5 Å².